The van der Waals surface area contributed by atoms with Gasteiger partial charge in [-0.25, -0.2) is 8.42 Å². The minimum atomic E-state index is -3.42. The van der Waals surface area contributed by atoms with Gasteiger partial charge >= 0.3 is 0 Å². The van der Waals surface area contributed by atoms with Crippen LogP contribution in [0.15, 0.2) is 30.3 Å². The summed E-state index contributed by atoms with van der Waals surface area (Å²) in [7, 11) is -3.42. The third-order valence-electron chi connectivity index (χ3n) is 3.36. The first-order chi connectivity index (χ1) is 9.00. The zero-order chi connectivity index (χ0) is 13.9. The summed E-state index contributed by atoms with van der Waals surface area (Å²) >= 11 is 0. The molecule has 6 heteroatoms. The van der Waals surface area contributed by atoms with Gasteiger partial charge in [0.05, 0.1) is 11.8 Å². The molecule has 1 atom stereocenters. The van der Waals surface area contributed by atoms with Gasteiger partial charge in [0.15, 0.2) is 0 Å². The maximum absolute atomic E-state index is 12.4. The van der Waals surface area contributed by atoms with Crippen molar-refractivity contribution in [3.05, 3.63) is 35.9 Å². The van der Waals surface area contributed by atoms with Crippen LogP contribution in [0.5, 0.6) is 0 Å². The number of nitrogens with two attached hydrogens (primary N) is 1. The Morgan fingerprint density at radius 2 is 2.00 bits per heavy atom. The summed E-state index contributed by atoms with van der Waals surface area (Å²) < 4.78 is 26.3. The van der Waals surface area contributed by atoms with Crippen molar-refractivity contribution in [2.24, 2.45) is 5.73 Å². The van der Waals surface area contributed by atoms with E-state index in [0.717, 1.165) is 18.4 Å². The zero-order valence-corrected chi connectivity index (χ0v) is 11.6. The molecule has 1 aromatic carbocycles. The Morgan fingerprint density at radius 1 is 1.32 bits per heavy atom. The van der Waals surface area contributed by atoms with Crippen molar-refractivity contribution in [3.8, 4) is 0 Å². The normalized spacial score (nSPS) is 21.2. The average molecular weight is 281 g/mol. The fraction of sp³-hybridized carbons (Fsp3) is 0.462. The van der Waals surface area contributed by atoms with E-state index in [1.165, 1.54) is 4.31 Å². The van der Waals surface area contributed by atoms with Crippen LogP contribution in [-0.2, 0) is 15.8 Å². The van der Waals surface area contributed by atoms with Crippen LogP contribution >= 0.6 is 0 Å². The quantitative estimate of drug-likeness (QED) is 0.644. The van der Waals surface area contributed by atoms with Gasteiger partial charge in [-0.15, -0.1) is 0 Å². The zero-order valence-electron chi connectivity index (χ0n) is 10.7. The fourth-order valence-corrected chi connectivity index (χ4v) is 4.21. The molecule has 1 aliphatic heterocycles. The minimum Gasteiger partial charge on any atom is -0.386 e. The molecule has 2 rings (SSSR count). The van der Waals surface area contributed by atoms with Gasteiger partial charge in [0.25, 0.3) is 0 Å². The van der Waals surface area contributed by atoms with Crippen LogP contribution in [0, 0.1) is 5.41 Å². The number of sulfonamides is 1. The average Bonchev–Trinajstić information content (AvgIpc) is 2.39. The Balaban J connectivity index is 2.20. The monoisotopic (exact) mass is 281 g/mol. The molecule has 0 spiro atoms. The van der Waals surface area contributed by atoms with Crippen molar-refractivity contribution in [1.29, 1.82) is 5.41 Å². The number of nitrogens with zero attached hydrogens (tertiary/aromatic N) is 1. The highest BCUT2D eigenvalue weighted by atomic mass is 32.2. The SMILES string of the molecule is N=C(N)C1CCCCN1S(=O)(=O)Cc1ccccc1. The van der Waals surface area contributed by atoms with E-state index in [4.69, 9.17) is 11.1 Å². The lowest BCUT2D eigenvalue weighted by atomic mass is 10.0. The van der Waals surface area contributed by atoms with Gasteiger partial charge in [-0.2, -0.15) is 4.31 Å². The molecule has 0 aliphatic carbocycles. The summed E-state index contributed by atoms with van der Waals surface area (Å²) in [6, 6.07) is 8.62. The minimum absolute atomic E-state index is 0.0301. The highest BCUT2D eigenvalue weighted by Crippen LogP contribution is 2.22. The predicted octanol–water partition coefficient (Wildman–Crippen LogP) is 1.31. The van der Waals surface area contributed by atoms with Crippen molar-refractivity contribution in [2.75, 3.05) is 6.54 Å². The van der Waals surface area contributed by atoms with E-state index >= 15 is 0 Å². The lowest BCUT2D eigenvalue weighted by Crippen LogP contribution is -2.50. The number of benzene rings is 1. The maximum atomic E-state index is 12.4. The summed E-state index contributed by atoms with van der Waals surface area (Å²) in [5.41, 5.74) is 6.28. The third kappa shape index (κ3) is 3.33. The van der Waals surface area contributed by atoms with Crippen LogP contribution in [0.4, 0.5) is 0 Å². The smallest absolute Gasteiger partial charge is 0.218 e. The number of nitrogens with one attached hydrogen (secondary N) is 1. The molecule has 104 valence electrons. The molecular weight excluding hydrogens is 262 g/mol. The van der Waals surface area contributed by atoms with Crippen molar-refractivity contribution in [1.82, 2.24) is 4.31 Å². The van der Waals surface area contributed by atoms with Crippen molar-refractivity contribution in [3.63, 3.8) is 0 Å². The number of rotatable bonds is 4. The molecular formula is C13H19N3O2S. The Bertz CT molecular complexity index is 542. The Labute approximate surface area is 114 Å². The van der Waals surface area contributed by atoms with Crippen LogP contribution in [0.2, 0.25) is 0 Å². The van der Waals surface area contributed by atoms with E-state index in [1.807, 2.05) is 18.2 Å². The molecule has 1 aromatic rings. The number of hydrogen-bond acceptors (Lipinski definition) is 3. The molecule has 1 saturated heterocycles. The van der Waals surface area contributed by atoms with Crippen LogP contribution in [-0.4, -0.2) is 31.1 Å². The fourth-order valence-electron chi connectivity index (χ4n) is 2.42. The predicted molar refractivity (Wildman–Crippen MR) is 75.3 cm³/mol. The van der Waals surface area contributed by atoms with Crippen molar-refractivity contribution in [2.45, 2.75) is 31.1 Å². The summed E-state index contributed by atoms with van der Waals surface area (Å²) in [6.07, 6.45) is 2.39. The lowest BCUT2D eigenvalue weighted by molar-refractivity contribution is 0.303. The van der Waals surface area contributed by atoms with Crippen molar-refractivity contribution >= 4 is 15.9 Å². The van der Waals surface area contributed by atoms with E-state index in [2.05, 4.69) is 0 Å². The molecule has 1 heterocycles. The number of amidine groups is 1. The van der Waals surface area contributed by atoms with Gasteiger partial charge in [0, 0.05) is 6.54 Å². The summed E-state index contributed by atoms with van der Waals surface area (Å²) in [6.45, 7) is 0.458. The number of hydrogen-bond donors (Lipinski definition) is 2. The second-order valence-corrected chi connectivity index (χ2v) is 6.74. The first-order valence-corrected chi connectivity index (χ1v) is 7.99. The number of piperidine rings is 1. The molecule has 1 fully saturated rings. The summed E-state index contributed by atoms with van der Waals surface area (Å²) in [5.74, 6) is -0.0891. The summed E-state index contributed by atoms with van der Waals surface area (Å²) in [5, 5.41) is 7.55. The Kier molecular flexibility index (Phi) is 4.21. The van der Waals surface area contributed by atoms with E-state index < -0.39 is 16.1 Å². The molecule has 0 amide bonds. The Hall–Kier alpha value is -1.40. The van der Waals surface area contributed by atoms with Crippen molar-refractivity contribution < 1.29 is 8.42 Å². The second kappa shape index (κ2) is 5.71. The molecule has 0 radical (unpaired) electrons. The van der Waals surface area contributed by atoms with Gasteiger partial charge in [0.2, 0.25) is 10.0 Å². The van der Waals surface area contributed by atoms with Crippen LogP contribution in [0.1, 0.15) is 24.8 Å². The van der Waals surface area contributed by atoms with Crippen LogP contribution < -0.4 is 5.73 Å². The standard InChI is InChI=1S/C13H19N3O2S/c14-13(15)12-8-4-5-9-16(12)19(17,18)10-11-6-2-1-3-7-11/h1-3,6-7,12H,4-5,8-10H2,(H3,14,15). The first kappa shape index (κ1) is 14.0. The Morgan fingerprint density at radius 3 is 2.63 bits per heavy atom. The molecule has 3 N–H and O–H groups in total. The highest BCUT2D eigenvalue weighted by Gasteiger charge is 2.33. The molecule has 5 nitrogen and oxygen atoms in total. The van der Waals surface area contributed by atoms with Gasteiger partial charge < -0.3 is 5.73 Å². The summed E-state index contributed by atoms with van der Waals surface area (Å²) in [4.78, 5) is 0. The topological polar surface area (TPSA) is 87.2 Å². The second-order valence-electron chi connectivity index (χ2n) is 4.82. The third-order valence-corrected chi connectivity index (χ3v) is 5.21. The largest absolute Gasteiger partial charge is 0.386 e. The van der Waals surface area contributed by atoms with Gasteiger partial charge in [-0.1, -0.05) is 36.8 Å². The van der Waals surface area contributed by atoms with E-state index in [-0.39, 0.29) is 11.6 Å². The molecule has 1 aliphatic rings. The molecule has 19 heavy (non-hydrogen) atoms. The maximum Gasteiger partial charge on any atom is 0.218 e. The lowest BCUT2D eigenvalue weighted by Gasteiger charge is -2.33. The van der Waals surface area contributed by atoms with Gasteiger partial charge in [-0.3, -0.25) is 5.41 Å². The molecule has 0 saturated carbocycles. The van der Waals surface area contributed by atoms with Gasteiger partial charge in [-0.05, 0) is 18.4 Å². The van der Waals surface area contributed by atoms with E-state index in [9.17, 15) is 8.42 Å². The highest BCUT2D eigenvalue weighted by molar-refractivity contribution is 7.88. The molecule has 1 unspecified atom stereocenters. The van der Waals surface area contributed by atoms with Gasteiger partial charge in [0.1, 0.15) is 5.84 Å². The van der Waals surface area contributed by atoms with E-state index in [1.54, 1.807) is 12.1 Å². The van der Waals surface area contributed by atoms with Crippen LogP contribution in [0.3, 0.4) is 0 Å². The van der Waals surface area contributed by atoms with E-state index in [0.29, 0.717) is 13.0 Å². The first-order valence-electron chi connectivity index (χ1n) is 6.38. The van der Waals surface area contributed by atoms with Crippen LogP contribution in [0.25, 0.3) is 0 Å². The molecule has 0 bridgehead atoms. The molecule has 0 aromatic heterocycles.